The van der Waals surface area contributed by atoms with Crippen molar-refractivity contribution in [3.05, 3.63) is 17.5 Å². The maximum Gasteiger partial charge on any atom is 0.250 e. The maximum absolute atomic E-state index is 12.0. The first kappa shape index (κ1) is 19.1. The average molecular weight is 407 g/mol. The Morgan fingerprint density at radius 2 is 1.82 bits per heavy atom. The van der Waals surface area contributed by atoms with Gasteiger partial charge in [-0.3, -0.25) is 0 Å². The fraction of sp³-hybridized carbons (Fsp3) is 0.864. The van der Waals surface area contributed by atoms with Gasteiger partial charge in [0, 0.05) is 6.20 Å². The molecule has 0 amide bonds. The van der Waals surface area contributed by atoms with Crippen LogP contribution in [0.25, 0.3) is 0 Å². The van der Waals surface area contributed by atoms with Gasteiger partial charge in [0.25, 0.3) is 10.0 Å². The second-order valence-electron chi connectivity index (χ2n) is 11.0. The summed E-state index contributed by atoms with van der Waals surface area (Å²) in [5, 5.41) is 15.5. The average Bonchev–Trinajstić information content (AvgIpc) is 3.10. The van der Waals surface area contributed by atoms with Gasteiger partial charge in [0.05, 0.1) is 17.6 Å². The summed E-state index contributed by atoms with van der Waals surface area (Å²) < 4.78 is 25.1. The van der Waals surface area contributed by atoms with E-state index in [4.69, 9.17) is 0 Å². The quantitative estimate of drug-likeness (QED) is 0.776. The molecular weight excluding hydrogens is 372 g/mol. The van der Waals surface area contributed by atoms with E-state index in [1.165, 1.54) is 29.6 Å². The molecule has 5 rings (SSSR count). The van der Waals surface area contributed by atoms with E-state index in [2.05, 4.69) is 25.9 Å². The molecule has 1 aromatic heterocycles. The third kappa shape index (κ3) is 2.39. The minimum atomic E-state index is -3.33. The Morgan fingerprint density at radius 1 is 1.11 bits per heavy atom. The third-order valence-corrected chi connectivity index (χ3v) is 10.7. The molecule has 0 saturated heterocycles. The summed E-state index contributed by atoms with van der Waals surface area (Å²) >= 11 is 0. The largest absolute Gasteiger partial charge is 0.390 e. The SMILES string of the molecule is C[C@]1(O)CCC2C3CC[C@H]4Cc5nn(S(C)(=O)=O)cc5C[C@]4(C)C3CC[C@@]21C. The molecule has 3 saturated carbocycles. The van der Waals surface area contributed by atoms with Gasteiger partial charge in [0.1, 0.15) is 0 Å². The van der Waals surface area contributed by atoms with Gasteiger partial charge in [-0.2, -0.15) is 9.19 Å². The Labute approximate surface area is 169 Å². The maximum atomic E-state index is 12.0. The minimum absolute atomic E-state index is 0.0539. The zero-order valence-electron chi connectivity index (χ0n) is 17.6. The molecule has 1 N–H and O–H groups in total. The third-order valence-electron chi connectivity index (χ3n) is 9.83. The molecule has 1 heterocycles. The summed E-state index contributed by atoms with van der Waals surface area (Å²) in [4.78, 5) is 0. The number of hydrogen-bond donors (Lipinski definition) is 1. The monoisotopic (exact) mass is 406 g/mol. The van der Waals surface area contributed by atoms with Crippen molar-refractivity contribution in [2.75, 3.05) is 6.26 Å². The fourth-order valence-corrected chi connectivity index (χ4v) is 8.51. The van der Waals surface area contributed by atoms with E-state index < -0.39 is 15.6 Å². The molecule has 3 unspecified atom stereocenters. The first-order valence-corrected chi connectivity index (χ1v) is 12.8. The van der Waals surface area contributed by atoms with Crippen molar-refractivity contribution in [2.45, 2.75) is 77.7 Å². The van der Waals surface area contributed by atoms with E-state index in [1.54, 1.807) is 6.20 Å². The Balaban J connectivity index is 1.49. The Kier molecular flexibility index (Phi) is 3.84. The van der Waals surface area contributed by atoms with Crippen molar-refractivity contribution in [3.63, 3.8) is 0 Å². The van der Waals surface area contributed by atoms with Crippen LogP contribution in [-0.2, 0) is 22.9 Å². The van der Waals surface area contributed by atoms with Crippen LogP contribution >= 0.6 is 0 Å². The van der Waals surface area contributed by atoms with Crippen LogP contribution in [0.5, 0.6) is 0 Å². The molecule has 0 spiro atoms. The Hall–Kier alpha value is -0.880. The number of fused-ring (bicyclic) bond motifs is 6. The van der Waals surface area contributed by atoms with Crippen LogP contribution in [0.3, 0.4) is 0 Å². The van der Waals surface area contributed by atoms with Gasteiger partial charge in [-0.05, 0) is 98.4 Å². The zero-order chi connectivity index (χ0) is 20.1. The topological polar surface area (TPSA) is 72.2 Å². The van der Waals surface area contributed by atoms with E-state index in [9.17, 15) is 13.5 Å². The van der Waals surface area contributed by atoms with E-state index in [1.807, 2.05) is 0 Å². The van der Waals surface area contributed by atoms with E-state index in [-0.39, 0.29) is 10.8 Å². The molecule has 5 nitrogen and oxygen atoms in total. The van der Waals surface area contributed by atoms with Crippen molar-refractivity contribution < 1.29 is 13.5 Å². The molecule has 0 aliphatic heterocycles. The van der Waals surface area contributed by atoms with Crippen LogP contribution in [-0.4, -0.2) is 34.6 Å². The number of aromatic nitrogens is 2. The molecule has 3 fully saturated rings. The van der Waals surface area contributed by atoms with Crippen molar-refractivity contribution in [1.29, 1.82) is 0 Å². The lowest BCUT2D eigenvalue weighted by Crippen LogP contribution is -2.56. The summed E-state index contributed by atoms with van der Waals surface area (Å²) in [6.45, 7) is 6.86. The van der Waals surface area contributed by atoms with Gasteiger partial charge in [-0.25, -0.2) is 8.42 Å². The summed E-state index contributed by atoms with van der Waals surface area (Å²) in [6, 6.07) is 0. The first-order chi connectivity index (χ1) is 13.0. The molecule has 0 radical (unpaired) electrons. The molecule has 4 aliphatic rings. The second-order valence-corrected chi connectivity index (χ2v) is 12.9. The van der Waals surface area contributed by atoms with Gasteiger partial charge in [-0.15, -0.1) is 0 Å². The number of rotatable bonds is 1. The molecule has 0 bridgehead atoms. The van der Waals surface area contributed by atoms with Crippen LogP contribution in [0.1, 0.15) is 70.6 Å². The number of aliphatic hydroxyl groups is 1. The standard InChI is InChI=1S/C22H34N2O3S/c1-20-12-14-13-24(28(4,26)27)23-19(14)11-15(20)5-6-16-17(20)7-9-21(2)18(16)8-10-22(21,3)25/h13,15-18,25H,5-12H2,1-4H3/t15-,16?,17?,18?,20-,21-,22-/m0/s1. The highest BCUT2D eigenvalue weighted by Gasteiger charge is 2.63. The molecule has 1 aromatic rings. The summed E-state index contributed by atoms with van der Waals surface area (Å²) in [5.41, 5.74) is 1.87. The van der Waals surface area contributed by atoms with Crippen molar-refractivity contribution in [1.82, 2.24) is 9.19 Å². The molecule has 28 heavy (non-hydrogen) atoms. The number of nitrogens with zero attached hydrogens (tertiary/aromatic N) is 2. The van der Waals surface area contributed by atoms with Crippen LogP contribution in [0.15, 0.2) is 6.20 Å². The van der Waals surface area contributed by atoms with Gasteiger partial charge >= 0.3 is 0 Å². The Morgan fingerprint density at radius 3 is 2.54 bits per heavy atom. The zero-order valence-corrected chi connectivity index (χ0v) is 18.4. The highest BCUT2D eigenvalue weighted by atomic mass is 32.2. The van der Waals surface area contributed by atoms with Crippen LogP contribution in [0.4, 0.5) is 0 Å². The van der Waals surface area contributed by atoms with Gasteiger partial charge < -0.3 is 5.11 Å². The molecule has 156 valence electrons. The molecular formula is C22H34N2O3S. The van der Waals surface area contributed by atoms with Gasteiger partial charge in [0.15, 0.2) is 0 Å². The Bertz CT molecular complexity index is 920. The molecule has 7 atom stereocenters. The van der Waals surface area contributed by atoms with Crippen molar-refractivity contribution in [3.8, 4) is 0 Å². The normalized spacial score (nSPS) is 47.8. The predicted molar refractivity (Wildman–Crippen MR) is 108 cm³/mol. The molecule has 0 aromatic carbocycles. The van der Waals surface area contributed by atoms with Gasteiger partial charge in [-0.1, -0.05) is 13.8 Å². The molecule has 4 aliphatic carbocycles. The van der Waals surface area contributed by atoms with Crippen molar-refractivity contribution >= 4 is 10.0 Å². The lowest BCUT2D eigenvalue weighted by Gasteiger charge is -2.60. The highest BCUT2D eigenvalue weighted by molar-refractivity contribution is 7.89. The van der Waals surface area contributed by atoms with E-state index in [0.29, 0.717) is 23.7 Å². The number of hydrogen-bond acceptors (Lipinski definition) is 4. The second kappa shape index (κ2) is 5.63. The summed E-state index contributed by atoms with van der Waals surface area (Å²) in [5.74, 6) is 2.59. The van der Waals surface area contributed by atoms with Gasteiger partial charge in [0.2, 0.25) is 0 Å². The van der Waals surface area contributed by atoms with Crippen LogP contribution in [0.2, 0.25) is 0 Å². The lowest BCUT2D eigenvalue weighted by atomic mass is 9.44. The predicted octanol–water partition coefficient (Wildman–Crippen LogP) is 3.40. The van der Waals surface area contributed by atoms with E-state index >= 15 is 0 Å². The lowest BCUT2D eigenvalue weighted by molar-refractivity contribution is -0.139. The van der Waals surface area contributed by atoms with Crippen LogP contribution < -0.4 is 0 Å². The smallest absolute Gasteiger partial charge is 0.250 e. The van der Waals surface area contributed by atoms with Crippen molar-refractivity contribution in [2.24, 2.45) is 34.5 Å². The van der Waals surface area contributed by atoms with Crippen LogP contribution in [0, 0.1) is 34.5 Å². The minimum Gasteiger partial charge on any atom is -0.390 e. The first-order valence-electron chi connectivity index (χ1n) is 11.0. The summed E-state index contributed by atoms with van der Waals surface area (Å²) in [6.07, 6.45) is 11.7. The molecule has 6 heteroatoms. The highest BCUT2D eigenvalue weighted by Crippen LogP contribution is 2.67. The van der Waals surface area contributed by atoms with E-state index in [0.717, 1.165) is 43.4 Å². The fourth-order valence-electron chi connectivity index (χ4n) is 7.94. The summed E-state index contributed by atoms with van der Waals surface area (Å²) in [7, 11) is -3.33.